The van der Waals surface area contributed by atoms with Crippen LogP contribution in [0.4, 0.5) is 0 Å². The number of phenols is 2. The van der Waals surface area contributed by atoms with Gasteiger partial charge in [-0.05, 0) is 25.5 Å². The van der Waals surface area contributed by atoms with Crippen LogP contribution in [0.15, 0.2) is 12.1 Å². The quantitative estimate of drug-likeness (QED) is 0.604. The van der Waals surface area contributed by atoms with Gasteiger partial charge in [-0.2, -0.15) is 0 Å². The van der Waals surface area contributed by atoms with Crippen LogP contribution in [0.2, 0.25) is 0 Å². The first kappa shape index (κ1) is 13.9. The maximum absolute atomic E-state index is 9.23. The van der Waals surface area contributed by atoms with Crippen molar-refractivity contribution in [1.29, 1.82) is 0 Å². The van der Waals surface area contributed by atoms with Crippen molar-refractivity contribution in [3.8, 4) is 11.5 Å². The molecular weight excluding hydrogens is 433 g/mol. The molecule has 0 aliphatic heterocycles. The van der Waals surface area contributed by atoms with Gasteiger partial charge in [0.2, 0.25) is 0 Å². The molecule has 0 unspecified atom stereocenters. The summed E-state index contributed by atoms with van der Waals surface area (Å²) in [6, 6.07) is 3.25. The van der Waals surface area contributed by atoms with Gasteiger partial charge in [0.15, 0.2) is 0 Å². The third-order valence-electron chi connectivity index (χ3n) is 1.60. The fourth-order valence-electron chi connectivity index (χ4n) is 0.825. The molecule has 0 saturated heterocycles. The molecule has 0 aliphatic carbocycles. The number of aromatic hydroxyl groups is 2. The van der Waals surface area contributed by atoms with E-state index in [4.69, 9.17) is 5.11 Å². The molecule has 0 amide bonds. The van der Waals surface area contributed by atoms with Crippen molar-refractivity contribution >= 4 is 40.0 Å². The summed E-state index contributed by atoms with van der Waals surface area (Å²) in [6.07, 6.45) is 0. The molecule has 0 aliphatic rings. The molecule has 0 atom stereocenters. The Bertz CT molecular complexity index is 252. The van der Waals surface area contributed by atoms with Gasteiger partial charge in [0.25, 0.3) is 0 Å². The van der Waals surface area contributed by atoms with E-state index >= 15 is 0 Å². The minimum absolute atomic E-state index is 0.142. The second-order valence-corrected chi connectivity index (χ2v) is 14.2. The Morgan fingerprint density at radius 3 is 2.00 bits per heavy atom. The van der Waals surface area contributed by atoms with E-state index in [0.717, 1.165) is 5.56 Å². The number of hydrogen-bond acceptors (Lipinski definition) is 2. The van der Waals surface area contributed by atoms with Gasteiger partial charge in [0.05, 0.1) is 0 Å². The monoisotopic (exact) mass is 443 g/mol. The Kier molecular flexibility index (Phi) is 7.67. The fourth-order valence-corrected chi connectivity index (χ4v) is 0.825. The number of aryl methyl sites for hydroxylation is 1. The minimum atomic E-state index is 0.142. The molecule has 1 aromatic rings. The van der Waals surface area contributed by atoms with E-state index in [0.29, 0.717) is 15.0 Å². The van der Waals surface area contributed by atoms with Crippen LogP contribution in [0, 0.1) is 13.8 Å². The predicted molar refractivity (Wildman–Crippen MR) is 67.3 cm³/mol. The van der Waals surface area contributed by atoms with E-state index in [9.17, 15) is 5.11 Å². The summed E-state index contributed by atoms with van der Waals surface area (Å²) in [4.78, 5) is 0. The van der Waals surface area contributed by atoms with Crippen molar-refractivity contribution in [3.05, 3.63) is 23.3 Å². The van der Waals surface area contributed by atoms with Gasteiger partial charge in [0, 0.05) is 5.56 Å². The van der Waals surface area contributed by atoms with Gasteiger partial charge < -0.3 is 10.2 Å². The molecular formula is C8H10I2O2V. The van der Waals surface area contributed by atoms with E-state index < -0.39 is 0 Å². The molecule has 0 radical (unpaired) electrons. The SMILES string of the molecule is Cc1ccc(O)c(C)c1O.[I][V][I]. The summed E-state index contributed by atoms with van der Waals surface area (Å²) in [7, 11) is 0.628. The average Bonchev–Trinajstić information content (AvgIpc) is 2.10. The van der Waals surface area contributed by atoms with Crippen LogP contribution in [0.3, 0.4) is 0 Å². The van der Waals surface area contributed by atoms with Crippen molar-refractivity contribution < 1.29 is 19.7 Å². The topological polar surface area (TPSA) is 40.5 Å². The van der Waals surface area contributed by atoms with Crippen LogP contribution in [0.25, 0.3) is 0 Å². The van der Waals surface area contributed by atoms with Gasteiger partial charge in [-0.3, -0.25) is 0 Å². The summed E-state index contributed by atoms with van der Waals surface area (Å²) in [5.41, 5.74) is 1.33. The van der Waals surface area contributed by atoms with E-state index in [2.05, 4.69) is 40.0 Å². The molecule has 0 bridgehead atoms. The summed E-state index contributed by atoms with van der Waals surface area (Å²) in [5.74, 6) is 0.322. The Morgan fingerprint density at radius 1 is 1.15 bits per heavy atom. The Balaban J connectivity index is 0.000000424. The molecule has 0 aromatic heterocycles. The van der Waals surface area contributed by atoms with Gasteiger partial charge in [-0.1, -0.05) is 6.07 Å². The number of hydrogen-bond donors (Lipinski definition) is 2. The molecule has 1 aromatic carbocycles. The summed E-state index contributed by atoms with van der Waals surface area (Å²) in [5, 5.41) is 18.3. The summed E-state index contributed by atoms with van der Waals surface area (Å²) < 4.78 is 0. The fraction of sp³-hybridized carbons (Fsp3) is 0.250. The Hall–Kier alpha value is 0.864. The van der Waals surface area contributed by atoms with E-state index in [1.165, 1.54) is 0 Å². The zero-order valence-electron chi connectivity index (χ0n) is 7.25. The second-order valence-electron chi connectivity index (χ2n) is 2.44. The number of rotatable bonds is 0. The molecule has 0 fully saturated rings. The Morgan fingerprint density at radius 2 is 1.62 bits per heavy atom. The van der Waals surface area contributed by atoms with Crippen molar-refractivity contribution in [2.75, 3.05) is 0 Å². The van der Waals surface area contributed by atoms with Crippen molar-refractivity contribution in [1.82, 2.24) is 0 Å². The molecule has 0 saturated carbocycles. The first-order chi connectivity index (χ1) is 6.04. The molecule has 5 heteroatoms. The first-order valence-corrected chi connectivity index (χ1v) is 12.5. The van der Waals surface area contributed by atoms with Crippen molar-refractivity contribution in [3.63, 3.8) is 0 Å². The summed E-state index contributed by atoms with van der Waals surface area (Å²) in [6.45, 7) is 3.47. The van der Waals surface area contributed by atoms with Gasteiger partial charge in [-0.15, -0.1) is 0 Å². The van der Waals surface area contributed by atoms with E-state index in [1.807, 2.05) is 0 Å². The molecule has 0 spiro atoms. The van der Waals surface area contributed by atoms with Crippen LogP contribution in [-0.2, 0) is 9.47 Å². The van der Waals surface area contributed by atoms with Crippen molar-refractivity contribution in [2.24, 2.45) is 0 Å². The molecule has 1 rings (SSSR count). The van der Waals surface area contributed by atoms with E-state index in [-0.39, 0.29) is 11.5 Å². The van der Waals surface area contributed by atoms with Crippen LogP contribution in [0.5, 0.6) is 11.5 Å². The number of halogens is 2. The zero-order valence-corrected chi connectivity index (χ0v) is 13.0. The molecule has 13 heavy (non-hydrogen) atoms. The predicted octanol–water partition coefficient (Wildman–Crippen LogP) is 3.48. The molecule has 0 heterocycles. The molecule has 73 valence electrons. The van der Waals surface area contributed by atoms with Gasteiger partial charge in [-0.25, -0.2) is 0 Å². The zero-order chi connectivity index (χ0) is 10.4. The van der Waals surface area contributed by atoms with E-state index in [1.54, 1.807) is 26.0 Å². The van der Waals surface area contributed by atoms with Gasteiger partial charge in [0.1, 0.15) is 11.5 Å². The maximum atomic E-state index is 9.23. The Labute approximate surface area is 107 Å². The normalized spacial score (nSPS) is 8.62. The third kappa shape index (κ3) is 4.76. The van der Waals surface area contributed by atoms with Crippen LogP contribution >= 0.6 is 40.0 Å². The van der Waals surface area contributed by atoms with Crippen molar-refractivity contribution in [2.45, 2.75) is 13.8 Å². The molecule has 2 N–H and O–H groups in total. The third-order valence-corrected chi connectivity index (χ3v) is 1.60. The van der Waals surface area contributed by atoms with Crippen LogP contribution < -0.4 is 0 Å². The summed E-state index contributed by atoms with van der Waals surface area (Å²) >= 11 is 4.74. The van der Waals surface area contributed by atoms with Crippen LogP contribution in [-0.4, -0.2) is 10.2 Å². The standard InChI is InChI=1S/C8H10O2.2HI.V/c1-5-3-4-7(9)6(2)8(5)10;;;/h3-4,9-10H,1-2H3;2*1H;/q;;;+2/p-2. The number of benzene rings is 1. The van der Waals surface area contributed by atoms with Crippen LogP contribution in [0.1, 0.15) is 11.1 Å². The average molecular weight is 443 g/mol. The second kappa shape index (κ2) is 7.20. The molecule has 2 nitrogen and oxygen atoms in total. The first-order valence-electron chi connectivity index (χ1n) is 3.45. The number of phenolic OH excluding ortho intramolecular Hbond substituents is 2. The van der Waals surface area contributed by atoms with Gasteiger partial charge >= 0.3 is 49.4 Å².